The molecule has 3 aromatic heterocycles. The van der Waals surface area contributed by atoms with Crippen LogP contribution in [0.25, 0.3) is 22.3 Å². The number of carboxylic acid groups (broad SMARTS) is 1. The highest BCUT2D eigenvalue weighted by molar-refractivity contribution is 5.80. The van der Waals surface area contributed by atoms with Crippen LogP contribution in [0.5, 0.6) is 0 Å². The predicted octanol–water partition coefficient (Wildman–Crippen LogP) is 3.16. The van der Waals surface area contributed by atoms with Gasteiger partial charge in [-0.3, -0.25) is 9.48 Å². The van der Waals surface area contributed by atoms with Crippen LogP contribution in [0.3, 0.4) is 0 Å². The molecule has 3 heterocycles. The summed E-state index contributed by atoms with van der Waals surface area (Å²) in [4.78, 5) is 19.3. The molecule has 4 rings (SSSR count). The van der Waals surface area contributed by atoms with Crippen LogP contribution in [0.4, 0.5) is 8.78 Å². The molecule has 0 radical (unpaired) electrons. The van der Waals surface area contributed by atoms with Gasteiger partial charge in [-0.1, -0.05) is 6.07 Å². The summed E-state index contributed by atoms with van der Waals surface area (Å²) in [6.45, 7) is 0. The van der Waals surface area contributed by atoms with Crippen LogP contribution in [0.1, 0.15) is 30.0 Å². The van der Waals surface area contributed by atoms with E-state index < -0.39 is 18.3 Å². The number of halogens is 2. The average molecular weight is 344 g/mol. The maximum atomic E-state index is 13.5. The van der Waals surface area contributed by atoms with E-state index in [9.17, 15) is 13.6 Å². The Morgan fingerprint density at radius 2 is 2.20 bits per heavy atom. The number of hydrogen-bond acceptors (Lipinski definition) is 4. The molecule has 128 valence electrons. The molecule has 25 heavy (non-hydrogen) atoms. The molecule has 1 N–H and O–H groups in total. The number of aromatic nitrogens is 4. The summed E-state index contributed by atoms with van der Waals surface area (Å²) in [5.74, 6) is -1.94. The quantitative estimate of drug-likeness (QED) is 0.786. The summed E-state index contributed by atoms with van der Waals surface area (Å²) in [6, 6.07) is 4.99. The van der Waals surface area contributed by atoms with Crippen molar-refractivity contribution in [3.8, 4) is 11.3 Å². The molecule has 6 nitrogen and oxygen atoms in total. The smallest absolute Gasteiger partial charge is 0.307 e. The summed E-state index contributed by atoms with van der Waals surface area (Å²) in [7, 11) is 1.78. The lowest BCUT2D eigenvalue weighted by atomic mass is 10.0. The maximum absolute atomic E-state index is 13.5. The lowest BCUT2D eigenvalue weighted by molar-refractivity contribution is -0.138. The van der Waals surface area contributed by atoms with Crippen LogP contribution in [-0.2, 0) is 11.8 Å². The lowest BCUT2D eigenvalue weighted by Crippen LogP contribution is -2.03. The summed E-state index contributed by atoms with van der Waals surface area (Å²) >= 11 is 0. The number of alkyl halides is 2. The Balaban J connectivity index is 1.74. The number of rotatable bonds is 4. The van der Waals surface area contributed by atoms with Crippen LogP contribution >= 0.6 is 0 Å². The van der Waals surface area contributed by atoms with Gasteiger partial charge in [-0.05, 0) is 24.1 Å². The minimum atomic E-state index is -2.76. The van der Waals surface area contributed by atoms with Gasteiger partial charge in [0.25, 0.3) is 6.43 Å². The van der Waals surface area contributed by atoms with Crippen LogP contribution in [-0.4, -0.2) is 30.8 Å². The number of aryl methyl sites for hydroxylation is 1. The fourth-order valence-electron chi connectivity index (χ4n) is 3.12. The number of hydrogen-bond donors (Lipinski definition) is 1. The van der Waals surface area contributed by atoms with Gasteiger partial charge in [-0.25, -0.2) is 18.7 Å². The van der Waals surface area contributed by atoms with Crippen molar-refractivity contribution in [2.45, 2.75) is 18.8 Å². The highest BCUT2D eigenvalue weighted by Crippen LogP contribution is 2.49. The van der Waals surface area contributed by atoms with Crippen LogP contribution in [0.2, 0.25) is 0 Å². The van der Waals surface area contributed by atoms with Gasteiger partial charge in [0, 0.05) is 36.3 Å². The van der Waals surface area contributed by atoms with E-state index in [0.29, 0.717) is 28.9 Å². The summed E-state index contributed by atoms with van der Waals surface area (Å²) < 4.78 is 28.5. The highest BCUT2D eigenvalue weighted by atomic mass is 19.3. The molecule has 1 saturated carbocycles. The zero-order valence-electron chi connectivity index (χ0n) is 13.2. The second-order valence-electron chi connectivity index (χ2n) is 6.20. The normalized spacial score (nSPS) is 19.5. The first-order valence-corrected chi connectivity index (χ1v) is 7.75. The first kappa shape index (κ1) is 15.6. The van der Waals surface area contributed by atoms with Gasteiger partial charge in [-0.15, -0.1) is 0 Å². The van der Waals surface area contributed by atoms with E-state index in [1.54, 1.807) is 42.3 Å². The monoisotopic (exact) mass is 344 g/mol. The van der Waals surface area contributed by atoms with Crippen molar-refractivity contribution in [3.63, 3.8) is 0 Å². The van der Waals surface area contributed by atoms with E-state index in [2.05, 4.69) is 15.1 Å². The minimum absolute atomic E-state index is 0.321. The largest absolute Gasteiger partial charge is 0.481 e. The lowest BCUT2D eigenvalue weighted by Gasteiger charge is -2.10. The number of carbonyl (C=O) groups is 1. The topological polar surface area (TPSA) is 80.9 Å². The molecule has 0 unspecified atom stereocenters. The van der Waals surface area contributed by atoms with E-state index in [1.807, 2.05) is 0 Å². The molecular weight excluding hydrogens is 330 g/mol. The van der Waals surface area contributed by atoms with Crippen molar-refractivity contribution in [2.75, 3.05) is 0 Å². The first-order valence-electron chi connectivity index (χ1n) is 7.75. The number of nitrogens with zero attached hydrogens (tertiary/aromatic N) is 4. The molecule has 0 saturated heterocycles. The molecule has 0 bridgehead atoms. The molecule has 2 atom stereocenters. The molecule has 0 aromatic carbocycles. The van der Waals surface area contributed by atoms with Crippen molar-refractivity contribution in [2.24, 2.45) is 13.0 Å². The molecule has 0 spiro atoms. The van der Waals surface area contributed by atoms with Gasteiger partial charge in [0.1, 0.15) is 5.69 Å². The zero-order valence-corrected chi connectivity index (χ0v) is 13.2. The Morgan fingerprint density at radius 1 is 1.40 bits per heavy atom. The highest BCUT2D eigenvalue weighted by Gasteiger charge is 2.46. The van der Waals surface area contributed by atoms with Crippen LogP contribution in [0, 0.1) is 5.92 Å². The van der Waals surface area contributed by atoms with E-state index in [-0.39, 0.29) is 11.6 Å². The van der Waals surface area contributed by atoms with Gasteiger partial charge >= 0.3 is 5.97 Å². The molecule has 3 aromatic rings. The Kier molecular flexibility index (Phi) is 3.48. The van der Waals surface area contributed by atoms with Gasteiger partial charge in [-0.2, -0.15) is 5.10 Å². The zero-order chi connectivity index (χ0) is 17.7. The van der Waals surface area contributed by atoms with Crippen molar-refractivity contribution < 1.29 is 18.7 Å². The van der Waals surface area contributed by atoms with Gasteiger partial charge in [0.05, 0.1) is 11.6 Å². The third kappa shape index (κ3) is 2.73. The number of carboxylic acids is 1. The second kappa shape index (κ2) is 5.58. The molecule has 1 aliphatic carbocycles. The minimum Gasteiger partial charge on any atom is -0.481 e. The maximum Gasteiger partial charge on any atom is 0.307 e. The molecule has 0 amide bonds. The predicted molar refractivity (Wildman–Crippen MR) is 85.2 cm³/mol. The molecule has 8 heteroatoms. The second-order valence-corrected chi connectivity index (χ2v) is 6.20. The SMILES string of the molecule is Cn1cc2cc(-c3ccc([C@H]4C[C@@H]4C(=O)O)c(C(F)F)n3)cnc2n1. The van der Waals surface area contributed by atoms with Crippen molar-refractivity contribution in [1.29, 1.82) is 0 Å². The van der Waals surface area contributed by atoms with Crippen molar-refractivity contribution >= 4 is 17.0 Å². The number of fused-ring (bicyclic) bond motifs is 1. The number of aliphatic carboxylic acids is 1. The molecular formula is C17H14F2N4O2. The Morgan fingerprint density at radius 3 is 2.88 bits per heavy atom. The van der Waals surface area contributed by atoms with Crippen molar-refractivity contribution in [3.05, 3.63) is 41.9 Å². The Labute approximate surface area is 141 Å². The molecule has 1 aliphatic rings. The van der Waals surface area contributed by atoms with Crippen molar-refractivity contribution in [1.82, 2.24) is 19.7 Å². The van der Waals surface area contributed by atoms with E-state index in [4.69, 9.17) is 5.11 Å². The first-order chi connectivity index (χ1) is 11.9. The molecule has 0 aliphatic heterocycles. The Bertz CT molecular complexity index is 986. The van der Waals surface area contributed by atoms with E-state index >= 15 is 0 Å². The standard InChI is InChI=1S/C17H14F2N4O2/c1-23-7-9-4-8(6-20-16(9)22-23)13-3-2-10(14(21-13)15(18)19)11-5-12(11)17(24)25/h2-4,6-7,11-12,15H,5H2,1H3,(H,24,25)/t11-,12+/m1/s1. The van der Waals surface area contributed by atoms with Crippen LogP contribution < -0.4 is 0 Å². The fraction of sp³-hybridized carbons (Fsp3) is 0.294. The van der Waals surface area contributed by atoms with Gasteiger partial charge in [0.2, 0.25) is 0 Å². The summed E-state index contributed by atoms with van der Waals surface area (Å²) in [5.41, 5.74) is 1.53. The fourth-order valence-corrected chi connectivity index (χ4v) is 3.12. The number of pyridine rings is 2. The molecule has 1 fully saturated rings. The average Bonchev–Trinajstić information content (AvgIpc) is 3.28. The Hall–Kier alpha value is -2.90. The van der Waals surface area contributed by atoms with E-state index in [0.717, 1.165) is 5.39 Å². The van der Waals surface area contributed by atoms with Crippen LogP contribution in [0.15, 0.2) is 30.6 Å². The van der Waals surface area contributed by atoms with Gasteiger partial charge < -0.3 is 5.11 Å². The van der Waals surface area contributed by atoms with Gasteiger partial charge in [0.15, 0.2) is 5.65 Å². The summed E-state index contributed by atoms with van der Waals surface area (Å²) in [5, 5.41) is 14.0. The van der Waals surface area contributed by atoms with E-state index in [1.165, 1.54) is 0 Å². The summed E-state index contributed by atoms with van der Waals surface area (Å²) in [6.07, 6.45) is 0.943. The third-order valence-corrected chi connectivity index (χ3v) is 4.44. The third-order valence-electron chi connectivity index (χ3n) is 4.44.